The fraction of sp³-hybridized carbons (Fsp3) is 0.0769. The van der Waals surface area contributed by atoms with E-state index in [0.717, 1.165) is 0 Å². The van der Waals surface area contributed by atoms with E-state index >= 15 is 0 Å². The van der Waals surface area contributed by atoms with Crippen molar-refractivity contribution in [3.63, 3.8) is 0 Å². The molecule has 0 spiro atoms. The summed E-state index contributed by atoms with van der Waals surface area (Å²) in [7, 11) is 0. The summed E-state index contributed by atoms with van der Waals surface area (Å²) in [6.07, 6.45) is 4.43. The zero-order chi connectivity index (χ0) is 13.9. The number of imidazole rings is 1. The maximum absolute atomic E-state index is 12.8. The zero-order valence-electron chi connectivity index (χ0n) is 10.2. The third-order valence-corrected chi connectivity index (χ3v) is 2.65. The van der Waals surface area contributed by atoms with Crippen LogP contribution in [0.1, 0.15) is 10.7 Å². The summed E-state index contributed by atoms with van der Waals surface area (Å²) in [4.78, 5) is 15.6. The SMILES string of the molecule is O=C(Cc1nnc(-c2ccc(F)cc2)o1)n1ccnc1. The Morgan fingerprint density at radius 2 is 2.05 bits per heavy atom. The second kappa shape index (κ2) is 5.04. The minimum atomic E-state index is -0.344. The predicted molar refractivity (Wildman–Crippen MR) is 66.2 cm³/mol. The number of benzene rings is 1. The molecule has 0 fully saturated rings. The van der Waals surface area contributed by atoms with Crippen LogP contribution in [0.5, 0.6) is 0 Å². The van der Waals surface area contributed by atoms with Gasteiger partial charge in [-0.1, -0.05) is 0 Å². The summed E-state index contributed by atoms with van der Waals surface area (Å²) in [6, 6.07) is 5.67. The fourth-order valence-corrected chi connectivity index (χ4v) is 1.66. The molecule has 0 atom stereocenters. The van der Waals surface area contributed by atoms with Gasteiger partial charge in [0.2, 0.25) is 17.7 Å². The first-order valence-corrected chi connectivity index (χ1v) is 5.82. The minimum Gasteiger partial charge on any atom is -0.420 e. The van der Waals surface area contributed by atoms with Crippen molar-refractivity contribution in [3.8, 4) is 11.5 Å². The molecule has 0 saturated carbocycles. The van der Waals surface area contributed by atoms with Crippen molar-refractivity contribution in [1.82, 2.24) is 19.7 Å². The lowest BCUT2D eigenvalue weighted by Gasteiger charge is -1.96. The Kier molecular flexibility index (Phi) is 3.08. The number of halogens is 1. The Hall–Kier alpha value is -2.83. The van der Waals surface area contributed by atoms with E-state index in [1.165, 1.54) is 41.4 Å². The lowest BCUT2D eigenvalue weighted by molar-refractivity contribution is 0.0906. The van der Waals surface area contributed by atoms with Gasteiger partial charge < -0.3 is 4.42 Å². The van der Waals surface area contributed by atoms with Gasteiger partial charge in [-0.05, 0) is 24.3 Å². The molecule has 1 aromatic carbocycles. The van der Waals surface area contributed by atoms with Gasteiger partial charge in [0, 0.05) is 18.0 Å². The monoisotopic (exact) mass is 272 g/mol. The van der Waals surface area contributed by atoms with Gasteiger partial charge in [-0.3, -0.25) is 9.36 Å². The van der Waals surface area contributed by atoms with E-state index in [-0.39, 0.29) is 29.9 Å². The molecule has 0 unspecified atom stereocenters. The van der Waals surface area contributed by atoms with Crippen LogP contribution in [0.4, 0.5) is 4.39 Å². The van der Waals surface area contributed by atoms with Gasteiger partial charge in [-0.25, -0.2) is 9.37 Å². The molecular weight excluding hydrogens is 263 g/mol. The van der Waals surface area contributed by atoms with Crippen LogP contribution in [0, 0.1) is 5.82 Å². The Morgan fingerprint density at radius 1 is 1.25 bits per heavy atom. The lowest BCUT2D eigenvalue weighted by atomic mass is 10.2. The van der Waals surface area contributed by atoms with Crippen molar-refractivity contribution in [2.24, 2.45) is 0 Å². The molecule has 0 radical (unpaired) electrons. The van der Waals surface area contributed by atoms with E-state index in [1.54, 1.807) is 6.20 Å². The number of rotatable bonds is 3. The third kappa shape index (κ3) is 2.46. The quantitative estimate of drug-likeness (QED) is 0.728. The van der Waals surface area contributed by atoms with Crippen LogP contribution >= 0.6 is 0 Å². The highest BCUT2D eigenvalue weighted by Crippen LogP contribution is 2.18. The Bertz CT molecular complexity index is 719. The molecule has 0 aliphatic carbocycles. The van der Waals surface area contributed by atoms with Crippen molar-refractivity contribution < 1.29 is 13.6 Å². The van der Waals surface area contributed by atoms with Crippen LogP contribution in [0.25, 0.3) is 11.5 Å². The molecule has 0 aliphatic rings. The average molecular weight is 272 g/mol. The fourth-order valence-electron chi connectivity index (χ4n) is 1.66. The number of carbonyl (C=O) groups is 1. The molecule has 2 heterocycles. The van der Waals surface area contributed by atoms with E-state index in [0.29, 0.717) is 5.56 Å². The molecule has 0 saturated heterocycles. The van der Waals surface area contributed by atoms with Crippen molar-refractivity contribution in [1.29, 1.82) is 0 Å². The zero-order valence-corrected chi connectivity index (χ0v) is 10.2. The second-order valence-corrected chi connectivity index (χ2v) is 4.05. The summed E-state index contributed by atoms with van der Waals surface area (Å²) in [6.45, 7) is 0. The summed E-state index contributed by atoms with van der Waals surface area (Å²) in [5, 5.41) is 7.63. The normalized spacial score (nSPS) is 10.7. The molecule has 3 rings (SSSR count). The molecule has 20 heavy (non-hydrogen) atoms. The summed E-state index contributed by atoms with van der Waals surface area (Å²) in [5.74, 6) is -0.123. The molecule has 6 nitrogen and oxygen atoms in total. The number of hydrogen-bond acceptors (Lipinski definition) is 5. The van der Waals surface area contributed by atoms with Crippen molar-refractivity contribution >= 4 is 5.91 Å². The first-order valence-electron chi connectivity index (χ1n) is 5.82. The molecule has 7 heteroatoms. The van der Waals surface area contributed by atoms with Crippen LogP contribution in [0.15, 0.2) is 47.4 Å². The van der Waals surface area contributed by atoms with Crippen LogP contribution in [-0.4, -0.2) is 25.7 Å². The van der Waals surface area contributed by atoms with Gasteiger partial charge >= 0.3 is 0 Å². The number of carbonyl (C=O) groups excluding carboxylic acids is 1. The van der Waals surface area contributed by atoms with Crippen LogP contribution in [0.2, 0.25) is 0 Å². The highest BCUT2D eigenvalue weighted by Gasteiger charge is 2.13. The summed E-state index contributed by atoms with van der Waals surface area (Å²) < 4.78 is 19.5. The standard InChI is InChI=1S/C13H9FN4O2/c14-10-3-1-9(2-4-10)13-17-16-11(20-13)7-12(19)18-6-5-15-8-18/h1-6,8H,7H2. The molecule has 0 aliphatic heterocycles. The molecular formula is C13H9FN4O2. The van der Waals surface area contributed by atoms with E-state index in [9.17, 15) is 9.18 Å². The third-order valence-electron chi connectivity index (χ3n) is 2.65. The number of nitrogens with zero attached hydrogens (tertiary/aromatic N) is 4. The van der Waals surface area contributed by atoms with Crippen molar-refractivity contribution in [3.05, 3.63) is 54.7 Å². The maximum Gasteiger partial charge on any atom is 0.247 e. The lowest BCUT2D eigenvalue weighted by Crippen LogP contribution is -2.11. The minimum absolute atomic E-state index is 0.0233. The van der Waals surface area contributed by atoms with Crippen LogP contribution in [0.3, 0.4) is 0 Å². The maximum atomic E-state index is 12.8. The Balaban J connectivity index is 1.77. The largest absolute Gasteiger partial charge is 0.420 e. The second-order valence-electron chi connectivity index (χ2n) is 4.05. The van der Waals surface area contributed by atoms with Gasteiger partial charge in [-0.15, -0.1) is 10.2 Å². The van der Waals surface area contributed by atoms with Gasteiger partial charge in [0.25, 0.3) is 0 Å². The van der Waals surface area contributed by atoms with Crippen molar-refractivity contribution in [2.75, 3.05) is 0 Å². The topological polar surface area (TPSA) is 73.8 Å². The van der Waals surface area contributed by atoms with E-state index in [1.807, 2.05) is 0 Å². The average Bonchev–Trinajstić information content (AvgIpc) is 3.10. The van der Waals surface area contributed by atoms with E-state index in [4.69, 9.17) is 4.42 Å². The first-order chi connectivity index (χ1) is 9.72. The molecule has 0 N–H and O–H groups in total. The van der Waals surface area contributed by atoms with Crippen LogP contribution in [-0.2, 0) is 6.42 Å². The first kappa shape index (κ1) is 12.2. The van der Waals surface area contributed by atoms with E-state index < -0.39 is 0 Å². The Labute approximate surface area is 112 Å². The molecule has 3 aromatic rings. The van der Waals surface area contributed by atoms with Gasteiger partial charge in [0.1, 0.15) is 18.6 Å². The summed E-state index contributed by atoms with van der Waals surface area (Å²) >= 11 is 0. The number of hydrogen-bond donors (Lipinski definition) is 0. The smallest absolute Gasteiger partial charge is 0.247 e. The van der Waals surface area contributed by atoms with Crippen molar-refractivity contribution in [2.45, 2.75) is 6.42 Å². The molecule has 100 valence electrons. The van der Waals surface area contributed by atoms with Gasteiger partial charge in [0.15, 0.2) is 0 Å². The number of aromatic nitrogens is 4. The highest BCUT2D eigenvalue weighted by atomic mass is 19.1. The predicted octanol–water partition coefficient (Wildman–Crippen LogP) is 1.96. The molecule has 0 amide bonds. The molecule has 2 aromatic heterocycles. The highest BCUT2D eigenvalue weighted by molar-refractivity contribution is 5.80. The van der Waals surface area contributed by atoms with Crippen LogP contribution < -0.4 is 0 Å². The van der Waals surface area contributed by atoms with Gasteiger partial charge in [-0.2, -0.15) is 0 Å². The Morgan fingerprint density at radius 3 is 2.75 bits per heavy atom. The molecule has 0 bridgehead atoms. The van der Waals surface area contributed by atoms with Gasteiger partial charge in [0.05, 0.1) is 0 Å². The van der Waals surface area contributed by atoms with E-state index in [2.05, 4.69) is 15.2 Å². The summed E-state index contributed by atoms with van der Waals surface area (Å²) in [5.41, 5.74) is 0.597.